The molecule has 4 heteroatoms. The molecular formula is C14H17ClN2S. The van der Waals surface area contributed by atoms with Crippen LogP contribution in [0.5, 0.6) is 0 Å². The highest BCUT2D eigenvalue weighted by molar-refractivity contribution is 7.11. The Kier molecular flexibility index (Phi) is 4.38. The average Bonchev–Trinajstić information content (AvgIpc) is 2.75. The number of nitrogens with two attached hydrogens (primary N) is 1. The number of aromatic nitrogens is 1. The number of halogens is 1. The normalized spacial score (nSPS) is 12.7. The van der Waals surface area contributed by atoms with Crippen molar-refractivity contribution < 1.29 is 0 Å². The Morgan fingerprint density at radius 2 is 2.00 bits per heavy atom. The minimum absolute atomic E-state index is 0.0661. The van der Waals surface area contributed by atoms with Crippen LogP contribution in [0.3, 0.4) is 0 Å². The summed E-state index contributed by atoms with van der Waals surface area (Å²) in [7, 11) is 0. The van der Waals surface area contributed by atoms with E-state index in [4.69, 9.17) is 17.3 Å². The van der Waals surface area contributed by atoms with Crippen molar-refractivity contribution in [1.29, 1.82) is 0 Å². The van der Waals surface area contributed by atoms with Crippen LogP contribution < -0.4 is 5.73 Å². The minimum Gasteiger partial charge on any atom is -0.323 e. The van der Waals surface area contributed by atoms with Crippen LogP contribution in [0.4, 0.5) is 0 Å². The number of rotatable bonds is 4. The molecule has 0 aliphatic carbocycles. The third-order valence-electron chi connectivity index (χ3n) is 2.79. The first kappa shape index (κ1) is 13.5. The molecule has 0 fully saturated rings. The summed E-state index contributed by atoms with van der Waals surface area (Å²) < 4.78 is 0. The van der Waals surface area contributed by atoms with Crippen molar-refractivity contribution in [3.63, 3.8) is 0 Å². The van der Waals surface area contributed by atoms with E-state index in [-0.39, 0.29) is 6.04 Å². The van der Waals surface area contributed by atoms with Gasteiger partial charge in [-0.3, -0.25) is 0 Å². The van der Waals surface area contributed by atoms with Gasteiger partial charge in [-0.1, -0.05) is 30.7 Å². The standard InChI is InChI=1S/C14H17ClN2S/c1-3-12-14(9(2)16)18-13(17-12)8-10-4-6-11(15)7-5-10/h4-7,9H,3,8,16H2,1-2H3. The molecule has 0 amide bonds. The van der Waals surface area contributed by atoms with Crippen LogP contribution in [0.25, 0.3) is 0 Å². The highest BCUT2D eigenvalue weighted by Crippen LogP contribution is 2.26. The fourth-order valence-corrected chi connectivity index (χ4v) is 3.14. The molecular weight excluding hydrogens is 264 g/mol. The van der Waals surface area contributed by atoms with Crippen LogP contribution in [0, 0.1) is 0 Å². The first-order chi connectivity index (χ1) is 8.60. The Bertz CT molecular complexity index is 517. The van der Waals surface area contributed by atoms with Gasteiger partial charge in [-0.25, -0.2) is 4.98 Å². The monoisotopic (exact) mass is 280 g/mol. The smallest absolute Gasteiger partial charge is 0.0975 e. The second-order valence-corrected chi connectivity index (χ2v) is 5.92. The van der Waals surface area contributed by atoms with E-state index >= 15 is 0 Å². The molecule has 1 aromatic heterocycles. The van der Waals surface area contributed by atoms with Gasteiger partial charge in [0, 0.05) is 22.4 Å². The highest BCUT2D eigenvalue weighted by atomic mass is 35.5. The molecule has 96 valence electrons. The van der Waals surface area contributed by atoms with Gasteiger partial charge in [0.2, 0.25) is 0 Å². The lowest BCUT2D eigenvalue weighted by molar-refractivity contribution is 0.812. The first-order valence-corrected chi connectivity index (χ1v) is 7.28. The third-order valence-corrected chi connectivity index (χ3v) is 4.34. The Morgan fingerprint density at radius 1 is 1.33 bits per heavy atom. The van der Waals surface area contributed by atoms with E-state index in [0.717, 1.165) is 28.6 Å². The summed E-state index contributed by atoms with van der Waals surface area (Å²) in [4.78, 5) is 5.88. The Labute approximate surface area is 117 Å². The van der Waals surface area contributed by atoms with E-state index in [1.165, 1.54) is 10.4 Å². The third kappa shape index (κ3) is 3.10. The van der Waals surface area contributed by atoms with Crippen molar-refractivity contribution >= 4 is 22.9 Å². The molecule has 0 bridgehead atoms. The van der Waals surface area contributed by atoms with Gasteiger partial charge in [0.25, 0.3) is 0 Å². The fraction of sp³-hybridized carbons (Fsp3) is 0.357. The molecule has 1 unspecified atom stereocenters. The zero-order valence-corrected chi connectivity index (χ0v) is 12.2. The second kappa shape index (κ2) is 5.83. The molecule has 1 atom stereocenters. The molecule has 0 saturated heterocycles. The number of nitrogens with zero attached hydrogens (tertiary/aromatic N) is 1. The zero-order chi connectivity index (χ0) is 13.1. The number of thiazole rings is 1. The zero-order valence-electron chi connectivity index (χ0n) is 10.6. The van der Waals surface area contributed by atoms with Crippen LogP contribution in [-0.4, -0.2) is 4.98 Å². The van der Waals surface area contributed by atoms with Crippen molar-refractivity contribution in [1.82, 2.24) is 4.98 Å². The van der Waals surface area contributed by atoms with Gasteiger partial charge in [-0.05, 0) is 31.0 Å². The molecule has 2 aromatic rings. The maximum atomic E-state index is 5.97. The Balaban J connectivity index is 2.21. The summed E-state index contributed by atoms with van der Waals surface area (Å²) in [5, 5.41) is 1.89. The Hall–Kier alpha value is -0.900. The van der Waals surface area contributed by atoms with Gasteiger partial charge < -0.3 is 5.73 Å². The van der Waals surface area contributed by atoms with E-state index in [9.17, 15) is 0 Å². The van der Waals surface area contributed by atoms with Gasteiger partial charge in [-0.15, -0.1) is 11.3 Å². The predicted octanol–water partition coefficient (Wildman–Crippen LogP) is 3.97. The average molecular weight is 281 g/mol. The lowest BCUT2D eigenvalue weighted by Gasteiger charge is -2.01. The lowest BCUT2D eigenvalue weighted by atomic mass is 10.1. The van der Waals surface area contributed by atoms with E-state index in [2.05, 4.69) is 11.9 Å². The van der Waals surface area contributed by atoms with E-state index in [0.29, 0.717) is 0 Å². The van der Waals surface area contributed by atoms with Crippen molar-refractivity contribution in [2.45, 2.75) is 32.7 Å². The van der Waals surface area contributed by atoms with Crippen molar-refractivity contribution in [3.8, 4) is 0 Å². The molecule has 18 heavy (non-hydrogen) atoms. The predicted molar refractivity (Wildman–Crippen MR) is 78.4 cm³/mol. The van der Waals surface area contributed by atoms with Crippen LogP contribution in [-0.2, 0) is 12.8 Å². The number of hydrogen-bond donors (Lipinski definition) is 1. The minimum atomic E-state index is 0.0661. The first-order valence-electron chi connectivity index (χ1n) is 6.08. The van der Waals surface area contributed by atoms with Gasteiger partial charge in [0.05, 0.1) is 10.7 Å². The summed E-state index contributed by atoms with van der Waals surface area (Å²) in [5.74, 6) is 0. The number of hydrogen-bond acceptors (Lipinski definition) is 3. The van der Waals surface area contributed by atoms with Crippen molar-refractivity contribution in [3.05, 3.63) is 50.4 Å². The van der Waals surface area contributed by atoms with Gasteiger partial charge in [0.1, 0.15) is 0 Å². The molecule has 2 nitrogen and oxygen atoms in total. The summed E-state index contributed by atoms with van der Waals surface area (Å²) in [6, 6.07) is 7.98. The maximum Gasteiger partial charge on any atom is 0.0975 e. The van der Waals surface area contributed by atoms with Crippen LogP contribution in [0.1, 0.15) is 41.0 Å². The molecule has 1 aromatic carbocycles. The van der Waals surface area contributed by atoms with Crippen molar-refractivity contribution in [2.24, 2.45) is 5.73 Å². The maximum absolute atomic E-state index is 5.97. The molecule has 1 heterocycles. The summed E-state index contributed by atoms with van der Waals surface area (Å²) in [5.41, 5.74) is 8.34. The van der Waals surface area contributed by atoms with E-state index in [1.54, 1.807) is 11.3 Å². The Morgan fingerprint density at radius 3 is 2.50 bits per heavy atom. The molecule has 0 aliphatic heterocycles. The summed E-state index contributed by atoms with van der Waals surface area (Å²) in [6.45, 7) is 4.13. The number of aryl methyl sites for hydroxylation is 1. The molecule has 2 N–H and O–H groups in total. The number of benzene rings is 1. The van der Waals surface area contributed by atoms with Gasteiger partial charge in [0.15, 0.2) is 0 Å². The van der Waals surface area contributed by atoms with E-state index < -0.39 is 0 Å². The van der Waals surface area contributed by atoms with E-state index in [1.807, 2.05) is 31.2 Å². The molecule has 0 saturated carbocycles. The largest absolute Gasteiger partial charge is 0.323 e. The van der Waals surface area contributed by atoms with Gasteiger partial charge in [-0.2, -0.15) is 0 Å². The van der Waals surface area contributed by atoms with Gasteiger partial charge >= 0.3 is 0 Å². The quantitative estimate of drug-likeness (QED) is 0.920. The second-order valence-electron chi connectivity index (χ2n) is 4.36. The summed E-state index contributed by atoms with van der Waals surface area (Å²) in [6.07, 6.45) is 1.79. The lowest BCUT2D eigenvalue weighted by Crippen LogP contribution is -2.05. The molecule has 0 spiro atoms. The SMILES string of the molecule is CCc1nc(Cc2ccc(Cl)cc2)sc1C(C)N. The highest BCUT2D eigenvalue weighted by Gasteiger charge is 2.13. The van der Waals surface area contributed by atoms with Crippen LogP contribution >= 0.6 is 22.9 Å². The topological polar surface area (TPSA) is 38.9 Å². The van der Waals surface area contributed by atoms with Crippen LogP contribution in [0.2, 0.25) is 5.02 Å². The molecule has 2 rings (SSSR count). The summed E-state index contributed by atoms with van der Waals surface area (Å²) >= 11 is 7.60. The fourth-order valence-electron chi connectivity index (χ4n) is 1.88. The van der Waals surface area contributed by atoms with Crippen molar-refractivity contribution in [2.75, 3.05) is 0 Å². The van der Waals surface area contributed by atoms with Crippen LogP contribution in [0.15, 0.2) is 24.3 Å². The molecule has 0 aliphatic rings. The molecule has 0 radical (unpaired) electrons.